The number of rotatable bonds is 5. The van der Waals surface area contributed by atoms with E-state index in [2.05, 4.69) is 5.32 Å². The van der Waals surface area contributed by atoms with Gasteiger partial charge in [-0.15, -0.1) is 0 Å². The van der Waals surface area contributed by atoms with Crippen LogP contribution in [0.1, 0.15) is 29.8 Å². The quantitative estimate of drug-likeness (QED) is 0.490. The lowest BCUT2D eigenvalue weighted by atomic mass is 10.1. The topological polar surface area (TPSA) is 82.4 Å². The number of nitrogens with zero attached hydrogens (tertiary/aromatic N) is 2. The summed E-state index contributed by atoms with van der Waals surface area (Å²) in [4.78, 5) is 26.7. The van der Waals surface area contributed by atoms with Crippen LogP contribution in [0.15, 0.2) is 60.3 Å². The normalized spacial score (nSPS) is 15.5. The molecule has 0 saturated carbocycles. The highest BCUT2D eigenvalue weighted by Gasteiger charge is 2.26. The van der Waals surface area contributed by atoms with Crippen LogP contribution in [0.5, 0.6) is 0 Å². The second kappa shape index (κ2) is 8.40. The van der Waals surface area contributed by atoms with Crippen LogP contribution in [0.3, 0.4) is 0 Å². The lowest BCUT2D eigenvalue weighted by Crippen LogP contribution is -2.26. The Labute approximate surface area is 164 Å². The minimum atomic E-state index is -0.573. The van der Waals surface area contributed by atoms with Gasteiger partial charge in [0, 0.05) is 17.9 Å². The SMILES string of the molecule is CCOC(=O)c1ccccc1NC(=O)/C(C#N)=C\N1c2ccccc2CC1C. The molecule has 2 aromatic carbocycles. The van der Waals surface area contributed by atoms with Crippen LogP contribution in [0, 0.1) is 11.3 Å². The second-order valence-corrected chi connectivity index (χ2v) is 6.46. The first-order valence-corrected chi connectivity index (χ1v) is 9.10. The van der Waals surface area contributed by atoms with Gasteiger partial charge in [-0.25, -0.2) is 4.79 Å². The third-order valence-electron chi connectivity index (χ3n) is 4.56. The summed E-state index contributed by atoms with van der Waals surface area (Å²) in [5, 5.41) is 12.2. The Bertz CT molecular complexity index is 975. The third-order valence-corrected chi connectivity index (χ3v) is 4.56. The number of nitrogens with one attached hydrogen (secondary N) is 1. The molecule has 0 bridgehead atoms. The summed E-state index contributed by atoms with van der Waals surface area (Å²) < 4.78 is 5.02. The second-order valence-electron chi connectivity index (χ2n) is 6.46. The van der Waals surface area contributed by atoms with Crippen molar-refractivity contribution in [3.8, 4) is 6.07 Å². The van der Waals surface area contributed by atoms with E-state index in [4.69, 9.17) is 4.74 Å². The number of anilines is 2. The van der Waals surface area contributed by atoms with E-state index in [0.29, 0.717) is 5.69 Å². The Morgan fingerprint density at radius 2 is 1.96 bits per heavy atom. The number of carbonyl (C=O) groups is 2. The predicted molar refractivity (Wildman–Crippen MR) is 107 cm³/mol. The molecule has 0 aromatic heterocycles. The third kappa shape index (κ3) is 3.89. The van der Waals surface area contributed by atoms with Crippen molar-refractivity contribution in [2.24, 2.45) is 0 Å². The average molecular weight is 375 g/mol. The number of carbonyl (C=O) groups excluding carboxylic acids is 2. The molecule has 1 aliphatic heterocycles. The maximum absolute atomic E-state index is 12.7. The Hall–Kier alpha value is -3.59. The van der Waals surface area contributed by atoms with Crippen LogP contribution in [-0.4, -0.2) is 24.5 Å². The van der Waals surface area contributed by atoms with E-state index in [-0.39, 0.29) is 23.8 Å². The van der Waals surface area contributed by atoms with E-state index in [1.807, 2.05) is 42.2 Å². The first-order chi connectivity index (χ1) is 13.5. The highest BCUT2D eigenvalue weighted by Crippen LogP contribution is 2.32. The molecule has 2 aromatic rings. The number of esters is 1. The van der Waals surface area contributed by atoms with Crippen LogP contribution >= 0.6 is 0 Å². The van der Waals surface area contributed by atoms with Crippen LogP contribution in [0.2, 0.25) is 0 Å². The van der Waals surface area contributed by atoms with Gasteiger partial charge in [0.25, 0.3) is 5.91 Å². The molecule has 0 aliphatic carbocycles. The minimum Gasteiger partial charge on any atom is -0.462 e. The number of hydrogen-bond acceptors (Lipinski definition) is 5. The van der Waals surface area contributed by atoms with Gasteiger partial charge in [-0.05, 0) is 44.0 Å². The molecule has 142 valence electrons. The molecule has 28 heavy (non-hydrogen) atoms. The first-order valence-electron chi connectivity index (χ1n) is 9.10. The molecule has 0 spiro atoms. The number of fused-ring (bicyclic) bond motifs is 1. The standard InChI is InChI=1S/C22H21N3O3/c1-3-28-22(27)18-9-5-6-10-19(18)24-21(26)17(13-23)14-25-15(2)12-16-8-4-7-11-20(16)25/h4-11,14-15H,3,12H2,1-2H3,(H,24,26)/b17-14-. The Kier molecular flexibility index (Phi) is 5.75. The lowest BCUT2D eigenvalue weighted by molar-refractivity contribution is -0.112. The molecule has 1 unspecified atom stereocenters. The maximum Gasteiger partial charge on any atom is 0.340 e. The van der Waals surface area contributed by atoms with Gasteiger partial charge < -0.3 is 15.0 Å². The van der Waals surface area contributed by atoms with Gasteiger partial charge in [0.15, 0.2) is 0 Å². The van der Waals surface area contributed by atoms with Crippen molar-refractivity contribution < 1.29 is 14.3 Å². The van der Waals surface area contributed by atoms with Crippen molar-refractivity contribution in [2.45, 2.75) is 26.3 Å². The molecular formula is C22H21N3O3. The van der Waals surface area contributed by atoms with E-state index >= 15 is 0 Å². The Morgan fingerprint density at radius 1 is 1.25 bits per heavy atom. The Morgan fingerprint density at radius 3 is 2.71 bits per heavy atom. The number of hydrogen-bond donors (Lipinski definition) is 1. The van der Waals surface area contributed by atoms with Gasteiger partial charge >= 0.3 is 5.97 Å². The largest absolute Gasteiger partial charge is 0.462 e. The molecule has 1 heterocycles. The summed E-state index contributed by atoms with van der Waals surface area (Å²) in [7, 11) is 0. The van der Waals surface area contributed by atoms with E-state index < -0.39 is 11.9 Å². The van der Waals surface area contributed by atoms with Crippen molar-refractivity contribution in [1.82, 2.24) is 0 Å². The summed E-state index contributed by atoms with van der Waals surface area (Å²) in [5.74, 6) is -1.10. The number of nitriles is 1. The summed E-state index contributed by atoms with van der Waals surface area (Å²) in [5.41, 5.74) is 2.68. The van der Waals surface area contributed by atoms with Crippen molar-refractivity contribution in [3.05, 3.63) is 71.4 Å². The molecule has 1 aliphatic rings. The fraction of sp³-hybridized carbons (Fsp3) is 0.227. The zero-order chi connectivity index (χ0) is 20.1. The van der Waals surface area contributed by atoms with Gasteiger partial charge in [0.05, 0.1) is 17.9 Å². The van der Waals surface area contributed by atoms with Gasteiger partial charge in [0.1, 0.15) is 11.6 Å². The highest BCUT2D eigenvalue weighted by atomic mass is 16.5. The molecule has 0 radical (unpaired) electrons. The van der Waals surface area contributed by atoms with Crippen LogP contribution in [-0.2, 0) is 16.0 Å². The fourth-order valence-electron chi connectivity index (χ4n) is 3.23. The molecule has 6 heteroatoms. The molecule has 1 amide bonds. The van der Waals surface area contributed by atoms with Gasteiger partial charge in [-0.1, -0.05) is 30.3 Å². The Balaban J connectivity index is 1.85. The fourth-order valence-corrected chi connectivity index (χ4v) is 3.23. The maximum atomic E-state index is 12.7. The van der Waals surface area contributed by atoms with Crippen LogP contribution in [0.25, 0.3) is 0 Å². The van der Waals surface area contributed by atoms with E-state index in [1.165, 1.54) is 5.56 Å². The summed E-state index contributed by atoms with van der Waals surface area (Å²) >= 11 is 0. The van der Waals surface area contributed by atoms with Crippen LogP contribution in [0.4, 0.5) is 11.4 Å². The zero-order valence-electron chi connectivity index (χ0n) is 15.8. The van der Waals surface area contributed by atoms with Gasteiger partial charge in [-0.2, -0.15) is 5.26 Å². The van der Waals surface area contributed by atoms with Gasteiger partial charge in [-0.3, -0.25) is 4.79 Å². The minimum absolute atomic E-state index is 0.0396. The molecule has 1 atom stereocenters. The lowest BCUT2D eigenvalue weighted by Gasteiger charge is -2.20. The molecular weight excluding hydrogens is 354 g/mol. The van der Waals surface area contributed by atoms with Crippen molar-refractivity contribution in [3.63, 3.8) is 0 Å². The van der Waals surface area contributed by atoms with Gasteiger partial charge in [0.2, 0.25) is 0 Å². The van der Waals surface area contributed by atoms with E-state index in [9.17, 15) is 14.9 Å². The van der Waals surface area contributed by atoms with Crippen LogP contribution < -0.4 is 10.2 Å². The molecule has 0 fully saturated rings. The number of amides is 1. The summed E-state index contributed by atoms with van der Waals surface area (Å²) in [6.07, 6.45) is 2.41. The smallest absolute Gasteiger partial charge is 0.340 e. The van der Waals surface area contributed by atoms with Crippen molar-refractivity contribution >= 4 is 23.3 Å². The number of benzene rings is 2. The molecule has 1 N–H and O–H groups in total. The van der Waals surface area contributed by atoms with E-state index in [1.54, 1.807) is 37.4 Å². The average Bonchev–Trinajstić information content (AvgIpc) is 3.01. The molecule has 3 rings (SSSR count). The zero-order valence-corrected chi connectivity index (χ0v) is 15.8. The van der Waals surface area contributed by atoms with E-state index in [0.717, 1.165) is 12.1 Å². The monoisotopic (exact) mass is 375 g/mol. The number of para-hydroxylation sites is 2. The molecule has 6 nitrogen and oxygen atoms in total. The highest BCUT2D eigenvalue weighted by molar-refractivity contribution is 6.09. The first kappa shape index (κ1) is 19.2. The molecule has 0 saturated heterocycles. The number of ether oxygens (including phenoxy) is 1. The van der Waals surface area contributed by atoms with Crippen molar-refractivity contribution in [2.75, 3.05) is 16.8 Å². The summed E-state index contributed by atoms with van der Waals surface area (Å²) in [6, 6.07) is 16.6. The van der Waals surface area contributed by atoms with Crippen molar-refractivity contribution in [1.29, 1.82) is 5.26 Å². The summed E-state index contributed by atoms with van der Waals surface area (Å²) in [6.45, 7) is 3.99. The predicted octanol–water partition coefficient (Wildman–Crippen LogP) is 3.66.